The SMILES string of the molecule is CCCCCOc1ccc(C2C(=C(O)c3ccc(OCC)cc3)C(=O)C(=O)N2CCN(C)C)cc1OCC. The number of nitrogens with zero attached hydrogens (tertiary/aromatic N) is 2. The monoisotopic (exact) mass is 524 g/mol. The molecule has 1 aliphatic rings. The van der Waals surface area contributed by atoms with Crippen molar-refractivity contribution < 1.29 is 28.9 Å². The zero-order valence-corrected chi connectivity index (χ0v) is 23.2. The van der Waals surface area contributed by atoms with Crippen LogP contribution in [0.3, 0.4) is 0 Å². The summed E-state index contributed by atoms with van der Waals surface area (Å²) in [5, 5.41) is 11.3. The van der Waals surface area contributed by atoms with Crippen LogP contribution in [0.25, 0.3) is 5.76 Å². The number of hydrogen-bond acceptors (Lipinski definition) is 7. The number of likely N-dealkylation sites (N-methyl/N-ethyl adjacent to an activating group) is 1. The maximum absolute atomic E-state index is 13.3. The second-order valence-corrected chi connectivity index (χ2v) is 9.45. The molecule has 2 aromatic carbocycles. The van der Waals surface area contributed by atoms with E-state index in [2.05, 4.69) is 6.92 Å². The third kappa shape index (κ3) is 6.86. The molecule has 0 bridgehead atoms. The molecule has 1 unspecified atom stereocenters. The van der Waals surface area contributed by atoms with Crippen LogP contribution < -0.4 is 14.2 Å². The van der Waals surface area contributed by atoms with Crippen molar-refractivity contribution in [2.45, 2.75) is 46.1 Å². The smallest absolute Gasteiger partial charge is 0.295 e. The second kappa shape index (κ2) is 13.9. The summed E-state index contributed by atoms with van der Waals surface area (Å²) in [6.45, 7) is 8.33. The van der Waals surface area contributed by atoms with Gasteiger partial charge in [-0.2, -0.15) is 0 Å². The van der Waals surface area contributed by atoms with Gasteiger partial charge in [-0.25, -0.2) is 0 Å². The van der Waals surface area contributed by atoms with E-state index < -0.39 is 17.7 Å². The van der Waals surface area contributed by atoms with Gasteiger partial charge in [-0.05, 0) is 76.3 Å². The number of Topliss-reactive ketones (excluding diaryl/α,β-unsaturated/α-hetero) is 1. The van der Waals surface area contributed by atoms with Crippen molar-refractivity contribution in [1.82, 2.24) is 9.80 Å². The number of hydrogen-bond donors (Lipinski definition) is 1. The molecule has 8 nitrogen and oxygen atoms in total. The molecule has 2 aromatic rings. The maximum atomic E-state index is 13.3. The summed E-state index contributed by atoms with van der Waals surface area (Å²) in [5.41, 5.74) is 1.15. The van der Waals surface area contributed by atoms with Crippen LogP contribution in [0.1, 0.15) is 57.2 Å². The van der Waals surface area contributed by atoms with Gasteiger partial charge >= 0.3 is 0 Å². The van der Waals surface area contributed by atoms with Gasteiger partial charge in [0, 0.05) is 18.7 Å². The molecule has 206 valence electrons. The predicted octanol–water partition coefficient (Wildman–Crippen LogP) is 5.04. The van der Waals surface area contributed by atoms with Crippen LogP contribution in [0.15, 0.2) is 48.0 Å². The van der Waals surface area contributed by atoms with Crippen LogP contribution >= 0.6 is 0 Å². The summed E-state index contributed by atoms with van der Waals surface area (Å²) in [4.78, 5) is 30.0. The molecule has 1 N–H and O–H groups in total. The minimum absolute atomic E-state index is 0.0528. The number of rotatable bonds is 14. The fraction of sp³-hybridized carbons (Fsp3) is 0.467. The highest BCUT2D eigenvalue weighted by molar-refractivity contribution is 6.46. The molecule has 1 amide bonds. The van der Waals surface area contributed by atoms with Crippen molar-refractivity contribution in [1.29, 1.82) is 0 Å². The van der Waals surface area contributed by atoms with E-state index in [1.807, 2.05) is 51.0 Å². The summed E-state index contributed by atoms with van der Waals surface area (Å²) in [5.74, 6) is 0.244. The van der Waals surface area contributed by atoms with Gasteiger partial charge in [0.1, 0.15) is 11.5 Å². The zero-order chi connectivity index (χ0) is 27.7. The lowest BCUT2D eigenvalue weighted by atomic mass is 9.95. The van der Waals surface area contributed by atoms with Crippen LogP contribution in [-0.2, 0) is 9.59 Å². The molecule has 38 heavy (non-hydrogen) atoms. The lowest BCUT2D eigenvalue weighted by Gasteiger charge is -2.27. The van der Waals surface area contributed by atoms with Crippen LogP contribution in [0.4, 0.5) is 0 Å². The quantitative estimate of drug-likeness (QED) is 0.160. The molecule has 0 spiro atoms. The normalized spacial score (nSPS) is 16.8. The first-order valence-electron chi connectivity index (χ1n) is 13.4. The van der Waals surface area contributed by atoms with Gasteiger partial charge in [0.15, 0.2) is 11.5 Å². The van der Waals surface area contributed by atoms with E-state index in [0.29, 0.717) is 61.3 Å². The minimum atomic E-state index is -0.769. The number of benzene rings is 2. The fourth-order valence-electron chi connectivity index (χ4n) is 4.41. The van der Waals surface area contributed by atoms with Gasteiger partial charge in [-0.3, -0.25) is 9.59 Å². The van der Waals surface area contributed by atoms with Gasteiger partial charge < -0.3 is 29.1 Å². The summed E-state index contributed by atoms with van der Waals surface area (Å²) >= 11 is 0. The maximum Gasteiger partial charge on any atom is 0.295 e. The van der Waals surface area contributed by atoms with Crippen molar-refractivity contribution in [3.8, 4) is 17.2 Å². The highest BCUT2D eigenvalue weighted by Gasteiger charge is 2.46. The Balaban J connectivity index is 2.07. The predicted molar refractivity (Wildman–Crippen MR) is 148 cm³/mol. The first-order chi connectivity index (χ1) is 18.3. The molecule has 8 heteroatoms. The number of ether oxygens (including phenoxy) is 3. The van der Waals surface area contributed by atoms with Gasteiger partial charge in [0.25, 0.3) is 11.7 Å². The number of unbranched alkanes of at least 4 members (excludes halogenated alkanes) is 2. The molecule has 1 heterocycles. The third-order valence-corrected chi connectivity index (χ3v) is 6.36. The first kappa shape index (κ1) is 29.0. The Bertz CT molecular complexity index is 1130. The van der Waals surface area contributed by atoms with Gasteiger partial charge in [-0.15, -0.1) is 0 Å². The Labute approximate surface area is 225 Å². The van der Waals surface area contributed by atoms with Crippen LogP contribution in [0.5, 0.6) is 17.2 Å². The largest absolute Gasteiger partial charge is 0.507 e. The van der Waals surface area contributed by atoms with E-state index in [4.69, 9.17) is 14.2 Å². The highest BCUT2D eigenvalue weighted by atomic mass is 16.5. The average molecular weight is 525 g/mol. The minimum Gasteiger partial charge on any atom is -0.507 e. The Morgan fingerprint density at radius 1 is 0.921 bits per heavy atom. The van der Waals surface area contributed by atoms with Gasteiger partial charge in [0.05, 0.1) is 31.4 Å². The third-order valence-electron chi connectivity index (χ3n) is 6.36. The van der Waals surface area contributed by atoms with E-state index >= 15 is 0 Å². The van der Waals surface area contributed by atoms with E-state index in [0.717, 1.165) is 19.3 Å². The van der Waals surface area contributed by atoms with E-state index in [9.17, 15) is 14.7 Å². The van der Waals surface area contributed by atoms with Crippen molar-refractivity contribution in [3.05, 3.63) is 59.2 Å². The molecule has 1 saturated heterocycles. The molecule has 0 radical (unpaired) electrons. The Morgan fingerprint density at radius 3 is 2.26 bits per heavy atom. The van der Waals surface area contributed by atoms with Crippen LogP contribution in [0.2, 0.25) is 0 Å². The van der Waals surface area contributed by atoms with Crippen LogP contribution in [0, 0.1) is 0 Å². The summed E-state index contributed by atoms with van der Waals surface area (Å²) in [7, 11) is 3.81. The van der Waals surface area contributed by atoms with Crippen molar-refractivity contribution in [3.63, 3.8) is 0 Å². The first-order valence-corrected chi connectivity index (χ1v) is 13.4. The average Bonchev–Trinajstić information content (AvgIpc) is 3.16. The molecular weight excluding hydrogens is 484 g/mol. The Kier molecular flexibility index (Phi) is 10.6. The number of ketones is 1. The molecule has 1 fully saturated rings. The summed E-state index contributed by atoms with van der Waals surface area (Å²) < 4.78 is 17.4. The topological polar surface area (TPSA) is 88.5 Å². The fourth-order valence-corrected chi connectivity index (χ4v) is 4.41. The Morgan fingerprint density at radius 2 is 1.63 bits per heavy atom. The number of likely N-dealkylation sites (tertiary alicyclic amines) is 1. The van der Waals surface area contributed by atoms with Crippen molar-refractivity contribution in [2.24, 2.45) is 0 Å². The number of amides is 1. The molecule has 0 saturated carbocycles. The van der Waals surface area contributed by atoms with E-state index in [1.165, 1.54) is 4.90 Å². The van der Waals surface area contributed by atoms with Crippen LogP contribution in [-0.4, -0.2) is 73.6 Å². The highest BCUT2D eigenvalue weighted by Crippen LogP contribution is 2.42. The Hall–Kier alpha value is -3.52. The van der Waals surface area contributed by atoms with Crippen molar-refractivity contribution in [2.75, 3.05) is 47.0 Å². The molecule has 3 rings (SSSR count). The molecule has 0 aliphatic carbocycles. The van der Waals surface area contributed by atoms with E-state index in [-0.39, 0.29) is 11.3 Å². The molecule has 1 atom stereocenters. The van der Waals surface area contributed by atoms with E-state index in [1.54, 1.807) is 24.3 Å². The molecule has 1 aliphatic heterocycles. The lowest BCUT2D eigenvalue weighted by Crippen LogP contribution is -2.35. The van der Waals surface area contributed by atoms with Crippen molar-refractivity contribution >= 4 is 17.4 Å². The molecule has 0 aromatic heterocycles. The summed E-state index contributed by atoms with van der Waals surface area (Å²) in [6, 6.07) is 11.5. The number of carbonyl (C=O) groups excluding carboxylic acids is 2. The number of carbonyl (C=O) groups is 2. The standard InChI is InChI=1S/C30H40N2O6/c1-6-9-10-19-38-24-16-13-22(20-25(24)37-8-3)27-26(29(34)30(35)32(27)18-17-31(4)5)28(33)21-11-14-23(15-12-21)36-7-2/h11-16,20,27,33H,6-10,17-19H2,1-5H3. The summed E-state index contributed by atoms with van der Waals surface area (Å²) in [6.07, 6.45) is 3.12. The van der Waals surface area contributed by atoms with Gasteiger partial charge in [0.2, 0.25) is 0 Å². The molecular formula is C30H40N2O6. The zero-order valence-electron chi connectivity index (χ0n) is 23.2. The number of aliphatic hydroxyl groups is 1. The number of aliphatic hydroxyl groups excluding tert-OH is 1. The second-order valence-electron chi connectivity index (χ2n) is 9.45. The lowest BCUT2D eigenvalue weighted by molar-refractivity contribution is -0.140. The van der Waals surface area contributed by atoms with Gasteiger partial charge in [-0.1, -0.05) is 25.8 Å².